The third-order valence-electron chi connectivity index (χ3n) is 3.91. The quantitative estimate of drug-likeness (QED) is 0.833. The van der Waals surface area contributed by atoms with Crippen LogP contribution >= 0.6 is 11.3 Å². The molecule has 0 bridgehead atoms. The van der Waals surface area contributed by atoms with Gasteiger partial charge in [-0.25, -0.2) is 0 Å². The molecule has 106 valence electrons. The van der Waals surface area contributed by atoms with Gasteiger partial charge in [-0.3, -0.25) is 4.79 Å². The average molecular weight is 280 g/mol. The van der Waals surface area contributed by atoms with Crippen molar-refractivity contribution >= 4 is 17.2 Å². The van der Waals surface area contributed by atoms with Gasteiger partial charge in [0, 0.05) is 15.8 Å². The lowest BCUT2D eigenvalue weighted by Gasteiger charge is -2.20. The van der Waals surface area contributed by atoms with Crippen molar-refractivity contribution in [2.45, 2.75) is 58.0 Å². The van der Waals surface area contributed by atoms with Gasteiger partial charge in [0.15, 0.2) is 0 Å². The van der Waals surface area contributed by atoms with Crippen LogP contribution < -0.4 is 11.1 Å². The minimum Gasteiger partial charge on any atom is -0.351 e. The lowest BCUT2D eigenvalue weighted by Crippen LogP contribution is -2.40. The fourth-order valence-electron chi connectivity index (χ4n) is 2.67. The summed E-state index contributed by atoms with van der Waals surface area (Å²) in [6.07, 6.45) is 6.49. The van der Waals surface area contributed by atoms with Gasteiger partial charge in [-0.15, -0.1) is 11.3 Å². The maximum Gasteiger partial charge on any atom is 0.224 e. The highest BCUT2D eigenvalue weighted by molar-refractivity contribution is 7.11. The van der Waals surface area contributed by atoms with Crippen LogP contribution in [0.25, 0.3) is 0 Å². The smallest absolute Gasteiger partial charge is 0.224 e. The Hall–Kier alpha value is -0.870. The Labute approximate surface area is 119 Å². The first-order valence-corrected chi connectivity index (χ1v) is 8.13. The number of thiophene rings is 1. The molecule has 2 atom stereocenters. The summed E-state index contributed by atoms with van der Waals surface area (Å²) in [7, 11) is 0. The van der Waals surface area contributed by atoms with Gasteiger partial charge in [0.2, 0.25) is 5.91 Å². The van der Waals surface area contributed by atoms with E-state index in [0.29, 0.717) is 6.54 Å². The molecular formula is C15H24N2OS. The Morgan fingerprint density at radius 2 is 2.05 bits per heavy atom. The molecule has 3 nitrogen and oxygen atoms in total. The Morgan fingerprint density at radius 1 is 1.32 bits per heavy atom. The van der Waals surface area contributed by atoms with Crippen molar-refractivity contribution in [3.63, 3.8) is 0 Å². The molecule has 19 heavy (non-hydrogen) atoms. The second-order valence-electron chi connectivity index (χ2n) is 5.35. The topological polar surface area (TPSA) is 55.1 Å². The van der Waals surface area contributed by atoms with Gasteiger partial charge in [-0.2, -0.15) is 0 Å². The summed E-state index contributed by atoms with van der Waals surface area (Å²) in [6.45, 7) is 2.80. The molecule has 1 heterocycles. The van der Waals surface area contributed by atoms with Crippen LogP contribution in [0.2, 0.25) is 0 Å². The predicted molar refractivity (Wildman–Crippen MR) is 80.1 cm³/mol. The Morgan fingerprint density at radius 3 is 2.79 bits per heavy atom. The number of rotatable bonds is 4. The van der Waals surface area contributed by atoms with Gasteiger partial charge in [0.25, 0.3) is 0 Å². The first-order chi connectivity index (χ1) is 9.20. The largest absolute Gasteiger partial charge is 0.351 e. The number of hydrogen-bond acceptors (Lipinski definition) is 3. The van der Waals surface area contributed by atoms with E-state index in [4.69, 9.17) is 5.73 Å². The normalized spacial score (nSPS) is 23.9. The molecule has 2 rings (SSSR count). The molecule has 1 amide bonds. The molecule has 1 fully saturated rings. The van der Waals surface area contributed by atoms with Crippen LogP contribution in [-0.4, -0.2) is 11.9 Å². The third kappa shape index (κ3) is 4.05. The monoisotopic (exact) mass is 280 g/mol. The highest BCUT2D eigenvalue weighted by Gasteiger charge is 2.26. The zero-order valence-corrected chi connectivity index (χ0v) is 12.5. The summed E-state index contributed by atoms with van der Waals surface area (Å²) in [5, 5.41) is 3.06. The zero-order valence-electron chi connectivity index (χ0n) is 11.7. The maximum absolute atomic E-state index is 12.2. The standard InChI is InChI=1S/C15H24N2OS/c1-2-11-8-9-12(19-11)10-17-15(18)13-6-4-3-5-7-14(13)16/h8-9,13-14H,2-7,10,16H2,1H3,(H,17,18). The first-order valence-electron chi connectivity index (χ1n) is 7.31. The van der Waals surface area contributed by atoms with E-state index in [1.807, 2.05) is 0 Å². The molecule has 1 aliphatic carbocycles. The van der Waals surface area contributed by atoms with Crippen molar-refractivity contribution in [1.82, 2.24) is 5.32 Å². The maximum atomic E-state index is 12.2. The van der Waals surface area contributed by atoms with Gasteiger partial charge in [-0.1, -0.05) is 26.2 Å². The van der Waals surface area contributed by atoms with Gasteiger partial charge in [-0.05, 0) is 31.4 Å². The van der Waals surface area contributed by atoms with Crippen LogP contribution in [0, 0.1) is 5.92 Å². The molecule has 1 aromatic rings. The van der Waals surface area contributed by atoms with Crippen molar-refractivity contribution in [2.75, 3.05) is 0 Å². The molecule has 0 spiro atoms. The highest BCUT2D eigenvalue weighted by atomic mass is 32.1. The van der Waals surface area contributed by atoms with E-state index < -0.39 is 0 Å². The molecule has 1 saturated carbocycles. The van der Waals surface area contributed by atoms with Crippen molar-refractivity contribution in [1.29, 1.82) is 0 Å². The molecule has 2 unspecified atom stereocenters. The first kappa shape index (κ1) is 14.5. The second kappa shape index (κ2) is 7.06. The number of carbonyl (C=O) groups is 1. The predicted octanol–water partition coefficient (Wildman–Crippen LogP) is 2.83. The number of nitrogens with one attached hydrogen (secondary N) is 1. The average Bonchev–Trinajstić information content (AvgIpc) is 2.77. The number of hydrogen-bond donors (Lipinski definition) is 2. The van der Waals surface area contributed by atoms with E-state index in [-0.39, 0.29) is 17.9 Å². The minimum absolute atomic E-state index is 0.00751. The summed E-state index contributed by atoms with van der Waals surface area (Å²) < 4.78 is 0. The Bertz CT molecular complexity index is 416. The minimum atomic E-state index is 0.00751. The molecule has 1 aromatic heterocycles. The van der Waals surface area contributed by atoms with Crippen molar-refractivity contribution < 1.29 is 4.79 Å². The number of nitrogens with two attached hydrogens (primary N) is 1. The van der Waals surface area contributed by atoms with Gasteiger partial charge < -0.3 is 11.1 Å². The van der Waals surface area contributed by atoms with E-state index >= 15 is 0 Å². The fraction of sp³-hybridized carbons (Fsp3) is 0.667. The van der Waals surface area contributed by atoms with Crippen molar-refractivity contribution in [2.24, 2.45) is 11.7 Å². The lowest BCUT2D eigenvalue weighted by molar-refractivity contribution is -0.125. The van der Waals surface area contributed by atoms with Crippen LogP contribution in [0.1, 0.15) is 48.8 Å². The lowest BCUT2D eigenvalue weighted by atomic mass is 9.94. The molecule has 0 radical (unpaired) electrons. The van der Waals surface area contributed by atoms with Crippen LogP contribution in [0.3, 0.4) is 0 Å². The number of amides is 1. The second-order valence-corrected chi connectivity index (χ2v) is 6.60. The number of aryl methyl sites for hydroxylation is 1. The molecule has 1 aliphatic rings. The van der Waals surface area contributed by atoms with E-state index in [2.05, 4.69) is 24.4 Å². The van der Waals surface area contributed by atoms with Crippen LogP contribution in [0.5, 0.6) is 0 Å². The van der Waals surface area contributed by atoms with Crippen LogP contribution in [0.15, 0.2) is 12.1 Å². The number of carbonyl (C=O) groups excluding carboxylic acids is 1. The molecule has 0 saturated heterocycles. The van der Waals surface area contributed by atoms with E-state index in [9.17, 15) is 4.79 Å². The fourth-order valence-corrected chi connectivity index (χ4v) is 3.57. The van der Waals surface area contributed by atoms with Gasteiger partial charge in [0.05, 0.1) is 12.5 Å². The zero-order chi connectivity index (χ0) is 13.7. The summed E-state index contributed by atoms with van der Waals surface area (Å²) in [6, 6.07) is 4.29. The highest BCUT2D eigenvalue weighted by Crippen LogP contribution is 2.23. The van der Waals surface area contributed by atoms with E-state index in [1.54, 1.807) is 11.3 Å². The Kier molecular flexibility index (Phi) is 5.40. The Balaban J connectivity index is 1.85. The molecule has 0 aliphatic heterocycles. The van der Waals surface area contributed by atoms with Crippen molar-refractivity contribution in [3.05, 3.63) is 21.9 Å². The van der Waals surface area contributed by atoms with E-state index in [1.165, 1.54) is 16.2 Å². The molecule has 4 heteroatoms. The van der Waals surface area contributed by atoms with Crippen LogP contribution in [-0.2, 0) is 17.8 Å². The molecule has 3 N–H and O–H groups in total. The van der Waals surface area contributed by atoms with Crippen LogP contribution in [0.4, 0.5) is 0 Å². The van der Waals surface area contributed by atoms with Crippen molar-refractivity contribution in [3.8, 4) is 0 Å². The SMILES string of the molecule is CCc1ccc(CNC(=O)C2CCCCCC2N)s1. The molecule has 0 aromatic carbocycles. The summed E-state index contributed by atoms with van der Waals surface area (Å²) in [4.78, 5) is 14.8. The van der Waals surface area contributed by atoms with E-state index in [0.717, 1.165) is 32.1 Å². The summed E-state index contributed by atoms with van der Waals surface area (Å²) >= 11 is 1.78. The molecular weight excluding hydrogens is 256 g/mol. The van der Waals surface area contributed by atoms with Gasteiger partial charge >= 0.3 is 0 Å². The summed E-state index contributed by atoms with van der Waals surface area (Å²) in [5.74, 6) is 0.147. The van der Waals surface area contributed by atoms with Gasteiger partial charge in [0.1, 0.15) is 0 Å². The third-order valence-corrected chi connectivity index (χ3v) is 5.14. The summed E-state index contributed by atoms with van der Waals surface area (Å²) in [5.41, 5.74) is 6.12.